The molecule has 3 rings (SSSR count). The van der Waals surface area contributed by atoms with Gasteiger partial charge in [0.1, 0.15) is 11.6 Å². The van der Waals surface area contributed by atoms with Crippen molar-refractivity contribution in [1.82, 2.24) is 4.98 Å². The number of pyridine rings is 1. The molecule has 0 saturated carbocycles. The number of ether oxygens (including phenoxy) is 1. The molecule has 0 aliphatic carbocycles. The average Bonchev–Trinajstić information content (AvgIpc) is 2.63. The lowest BCUT2D eigenvalue weighted by Gasteiger charge is -2.09. The number of carbonyl (C=O) groups excluding carboxylic acids is 1. The van der Waals surface area contributed by atoms with Crippen molar-refractivity contribution in [3.05, 3.63) is 77.5 Å². The molecule has 0 fully saturated rings. The molecule has 3 aromatic rings. The molecule has 0 spiro atoms. The number of aromatic nitrogens is 1. The Balaban J connectivity index is 1.64. The number of hydrogen-bond donors (Lipinski definition) is 2. The molecule has 5 heteroatoms. The third-order valence-corrected chi connectivity index (χ3v) is 3.94. The van der Waals surface area contributed by atoms with Gasteiger partial charge in [-0.25, -0.2) is 4.98 Å². The Morgan fingerprint density at radius 1 is 0.963 bits per heavy atom. The minimum absolute atomic E-state index is 0.204. The Kier molecular flexibility index (Phi) is 5.71. The van der Waals surface area contributed by atoms with E-state index in [1.807, 2.05) is 31.2 Å². The van der Waals surface area contributed by atoms with Gasteiger partial charge in [-0.15, -0.1) is 0 Å². The second-order valence-corrected chi connectivity index (χ2v) is 6.35. The van der Waals surface area contributed by atoms with E-state index in [1.54, 1.807) is 18.3 Å². The fraction of sp³-hybridized carbons (Fsp3) is 0.182. The highest BCUT2D eigenvalue weighted by Gasteiger charge is 2.07. The summed E-state index contributed by atoms with van der Waals surface area (Å²) in [5.41, 5.74) is 4.55. The third kappa shape index (κ3) is 5.07. The predicted octanol–water partition coefficient (Wildman–Crippen LogP) is 5.09. The number of carbonyl (C=O) groups is 1. The summed E-state index contributed by atoms with van der Waals surface area (Å²) in [6.45, 7) is 6.65. The van der Waals surface area contributed by atoms with Gasteiger partial charge >= 0.3 is 0 Å². The van der Waals surface area contributed by atoms with E-state index >= 15 is 0 Å². The van der Waals surface area contributed by atoms with Crippen LogP contribution in [0.5, 0.6) is 5.75 Å². The van der Waals surface area contributed by atoms with Gasteiger partial charge in [0.2, 0.25) is 0 Å². The van der Waals surface area contributed by atoms with E-state index in [4.69, 9.17) is 4.74 Å². The predicted molar refractivity (Wildman–Crippen MR) is 109 cm³/mol. The summed E-state index contributed by atoms with van der Waals surface area (Å²) < 4.78 is 5.40. The van der Waals surface area contributed by atoms with Crippen LogP contribution in [-0.4, -0.2) is 17.5 Å². The lowest BCUT2D eigenvalue weighted by Crippen LogP contribution is -2.12. The van der Waals surface area contributed by atoms with Crippen LogP contribution in [0.2, 0.25) is 0 Å². The minimum atomic E-state index is -0.204. The first kappa shape index (κ1) is 18.5. The van der Waals surface area contributed by atoms with Crippen molar-refractivity contribution in [1.29, 1.82) is 0 Å². The van der Waals surface area contributed by atoms with Crippen molar-refractivity contribution in [2.45, 2.75) is 20.8 Å². The monoisotopic (exact) mass is 361 g/mol. The van der Waals surface area contributed by atoms with Crippen molar-refractivity contribution in [3.8, 4) is 5.75 Å². The first-order valence-electron chi connectivity index (χ1n) is 8.89. The van der Waals surface area contributed by atoms with Crippen LogP contribution in [0.15, 0.2) is 60.8 Å². The zero-order valence-electron chi connectivity index (χ0n) is 15.7. The Morgan fingerprint density at radius 3 is 2.26 bits per heavy atom. The minimum Gasteiger partial charge on any atom is -0.494 e. The molecule has 1 aromatic heterocycles. The Morgan fingerprint density at radius 2 is 1.67 bits per heavy atom. The lowest BCUT2D eigenvalue weighted by molar-refractivity contribution is 0.102. The maximum absolute atomic E-state index is 12.4. The maximum atomic E-state index is 12.4. The van der Waals surface area contributed by atoms with Gasteiger partial charge in [-0.2, -0.15) is 0 Å². The largest absolute Gasteiger partial charge is 0.494 e. The highest BCUT2D eigenvalue weighted by atomic mass is 16.5. The van der Waals surface area contributed by atoms with E-state index in [9.17, 15) is 4.79 Å². The number of nitrogens with zero attached hydrogens (tertiary/aromatic N) is 1. The van der Waals surface area contributed by atoms with Crippen LogP contribution in [0, 0.1) is 13.8 Å². The fourth-order valence-corrected chi connectivity index (χ4v) is 2.80. The molecule has 0 aliphatic heterocycles. The summed E-state index contributed by atoms with van der Waals surface area (Å²) in [6, 6.07) is 17.1. The number of amides is 1. The van der Waals surface area contributed by atoms with E-state index in [0.29, 0.717) is 23.7 Å². The maximum Gasteiger partial charge on any atom is 0.257 e. The zero-order valence-corrected chi connectivity index (χ0v) is 15.7. The van der Waals surface area contributed by atoms with Crippen LogP contribution in [0.3, 0.4) is 0 Å². The van der Waals surface area contributed by atoms with Gasteiger partial charge < -0.3 is 15.4 Å². The highest BCUT2D eigenvalue weighted by Crippen LogP contribution is 2.19. The fourth-order valence-electron chi connectivity index (χ4n) is 2.80. The number of rotatable bonds is 6. The molecule has 138 valence electrons. The molecule has 2 N–H and O–H groups in total. The molecule has 0 radical (unpaired) electrons. The smallest absolute Gasteiger partial charge is 0.257 e. The van der Waals surface area contributed by atoms with Gasteiger partial charge in [-0.05, 0) is 80.4 Å². The topological polar surface area (TPSA) is 63.2 Å². The van der Waals surface area contributed by atoms with E-state index in [2.05, 4.69) is 47.7 Å². The molecule has 0 unspecified atom stereocenters. The van der Waals surface area contributed by atoms with Crippen molar-refractivity contribution in [3.63, 3.8) is 0 Å². The Bertz CT molecular complexity index is 899. The van der Waals surface area contributed by atoms with Crippen LogP contribution < -0.4 is 15.4 Å². The SMILES string of the molecule is CCOc1ccc(NC(=O)c2ccc(Nc3cc(C)cc(C)c3)nc2)cc1. The van der Waals surface area contributed by atoms with Gasteiger partial charge in [0, 0.05) is 17.6 Å². The average molecular weight is 361 g/mol. The molecule has 1 heterocycles. The number of aryl methyl sites for hydroxylation is 2. The number of hydrogen-bond acceptors (Lipinski definition) is 4. The van der Waals surface area contributed by atoms with Gasteiger partial charge in [-0.3, -0.25) is 4.79 Å². The van der Waals surface area contributed by atoms with Crippen LogP contribution in [0.4, 0.5) is 17.2 Å². The van der Waals surface area contributed by atoms with Crippen LogP contribution in [0.1, 0.15) is 28.4 Å². The molecule has 0 saturated heterocycles. The Hall–Kier alpha value is -3.34. The lowest BCUT2D eigenvalue weighted by atomic mass is 10.1. The standard InChI is InChI=1S/C22H23N3O2/c1-4-27-20-8-6-18(7-9-20)25-22(26)17-5-10-21(23-14-17)24-19-12-15(2)11-16(3)13-19/h5-14H,4H2,1-3H3,(H,23,24)(H,25,26). The molecule has 0 bridgehead atoms. The Labute approximate surface area is 159 Å². The van der Waals surface area contributed by atoms with Gasteiger partial charge in [0.25, 0.3) is 5.91 Å². The molecule has 0 aliphatic rings. The van der Waals surface area contributed by atoms with E-state index < -0.39 is 0 Å². The second-order valence-electron chi connectivity index (χ2n) is 6.35. The van der Waals surface area contributed by atoms with Crippen LogP contribution >= 0.6 is 0 Å². The number of anilines is 3. The summed E-state index contributed by atoms with van der Waals surface area (Å²) in [5.74, 6) is 1.27. The summed E-state index contributed by atoms with van der Waals surface area (Å²) in [6.07, 6.45) is 1.56. The van der Waals surface area contributed by atoms with Crippen molar-refractivity contribution >= 4 is 23.1 Å². The molecule has 2 aromatic carbocycles. The summed E-state index contributed by atoms with van der Waals surface area (Å²) in [7, 11) is 0. The normalized spacial score (nSPS) is 10.3. The molecular weight excluding hydrogens is 338 g/mol. The summed E-state index contributed by atoms with van der Waals surface area (Å²) in [4.78, 5) is 16.7. The third-order valence-electron chi connectivity index (χ3n) is 3.94. The van der Waals surface area contributed by atoms with E-state index in [-0.39, 0.29) is 5.91 Å². The summed E-state index contributed by atoms with van der Waals surface area (Å²) in [5, 5.41) is 6.12. The molecule has 5 nitrogen and oxygen atoms in total. The molecular formula is C22H23N3O2. The molecule has 0 atom stereocenters. The van der Waals surface area contributed by atoms with E-state index in [0.717, 1.165) is 11.4 Å². The second kappa shape index (κ2) is 8.36. The first-order valence-corrected chi connectivity index (χ1v) is 8.89. The van der Waals surface area contributed by atoms with Crippen molar-refractivity contribution in [2.24, 2.45) is 0 Å². The van der Waals surface area contributed by atoms with Crippen molar-refractivity contribution < 1.29 is 9.53 Å². The van der Waals surface area contributed by atoms with Crippen LogP contribution in [-0.2, 0) is 0 Å². The van der Waals surface area contributed by atoms with Gasteiger partial charge in [0.15, 0.2) is 0 Å². The zero-order chi connectivity index (χ0) is 19.2. The number of benzene rings is 2. The first-order chi connectivity index (χ1) is 13.0. The molecule has 27 heavy (non-hydrogen) atoms. The van der Waals surface area contributed by atoms with E-state index in [1.165, 1.54) is 11.1 Å². The van der Waals surface area contributed by atoms with Gasteiger partial charge in [-0.1, -0.05) is 6.07 Å². The highest BCUT2D eigenvalue weighted by molar-refractivity contribution is 6.04. The molecule has 1 amide bonds. The van der Waals surface area contributed by atoms with Crippen LogP contribution in [0.25, 0.3) is 0 Å². The summed E-state index contributed by atoms with van der Waals surface area (Å²) >= 11 is 0. The number of nitrogens with one attached hydrogen (secondary N) is 2. The van der Waals surface area contributed by atoms with Crippen molar-refractivity contribution in [2.75, 3.05) is 17.2 Å². The quantitative estimate of drug-likeness (QED) is 0.642. The van der Waals surface area contributed by atoms with Gasteiger partial charge in [0.05, 0.1) is 12.2 Å².